The number of hydrogen-bond acceptors (Lipinski definition) is 4. The average molecular weight is 230 g/mol. The normalized spacial score (nSPS) is 29.6. The van der Waals surface area contributed by atoms with Crippen LogP contribution in [0.4, 0.5) is 0 Å². The summed E-state index contributed by atoms with van der Waals surface area (Å²) in [5.41, 5.74) is 0. The number of amides is 2. The van der Waals surface area contributed by atoms with Crippen LogP contribution in [-0.2, 0) is 14.3 Å². The zero-order valence-electron chi connectivity index (χ0n) is 9.53. The van der Waals surface area contributed by atoms with Crippen LogP contribution in [0, 0.1) is 0 Å². The Kier molecular flexibility index (Phi) is 4.70. The molecule has 1 aliphatic rings. The molecule has 1 rings (SSSR count). The van der Waals surface area contributed by atoms with E-state index < -0.39 is 12.3 Å². The summed E-state index contributed by atoms with van der Waals surface area (Å²) in [5, 5.41) is 14.7. The second-order valence-corrected chi connectivity index (χ2v) is 3.87. The molecular weight excluding hydrogens is 212 g/mol. The first-order chi connectivity index (χ1) is 7.52. The quantitative estimate of drug-likeness (QED) is 0.588. The lowest BCUT2D eigenvalue weighted by atomic mass is 10.0. The standard InChI is InChI=1S/C10H18N2O4/c1-3-9(15)12-10-8(11-6(2)13)4-7(14)5-16-10/h7-8,10,14H,3-5H2,1-2H3,(H,11,13)(H,12,15)/t7-,8+,10?/m0/s1. The second kappa shape index (κ2) is 5.81. The lowest BCUT2D eigenvalue weighted by molar-refractivity contribution is -0.137. The van der Waals surface area contributed by atoms with E-state index in [1.807, 2.05) is 0 Å². The summed E-state index contributed by atoms with van der Waals surface area (Å²) in [6.45, 7) is 3.30. The van der Waals surface area contributed by atoms with Gasteiger partial charge in [-0.15, -0.1) is 0 Å². The van der Waals surface area contributed by atoms with Gasteiger partial charge in [0.15, 0.2) is 0 Å². The molecule has 1 aliphatic heterocycles. The van der Waals surface area contributed by atoms with Crippen molar-refractivity contribution >= 4 is 11.8 Å². The molecule has 16 heavy (non-hydrogen) atoms. The fourth-order valence-electron chi connectivity index (χ4n) is 1.61. The van der Waals surface area contributed by atoms with Crippen LogP contribution in [0.15, 0.2) is 0 Å². The highest BCUT2D eigenvalue weighted by molar-refractivity contribution is 5.76. The van der Waals surface area contributed by atoms with E-state index in [0.29, 0.717) is 12.8 Å². The predicted octanol–water partition coefficient (Wildman–Crippen LogP) is -0.875. The SMILES string of the molecule is CCC(=O)NC1OC[C@@H](O)C[C@H]1NC(C)=O. The summed E-state index contributed by atoms with van der Waals surface area (Å²) in [7, 11) is 0. The van der Waals surface area contributed by atoms with E-state index in [9.17, 15) is 14.7 Å². The van der Waals surface area contributed by atoms with Crippen LogP contribution in [0.1, 0.15) is 26.7 Å². The van der Waals surface area contributed by atoms with Crippen LogP contribution >= 0.6 is 0 Å². The molecule has 3 N–H and O–H groups in total. The largest absolute Gasteiger partial charge is 0.391 e. The topological polar surface area (TPSA) is 87.7 Å². The molecule has 1 saturated heterocycles. The van der Waals surface area contributed by atoms with Crippen molar-refractivity contribution in [2.24, 2.45) is 0 Å². The van der Waals surface area contributed by atoms with Crippen molar-refractivity contribution in [3.8, 4) is 0 Å². The maximum absolute atomic E-state index is 11.2. The Hall–Kier alpha value is -1.14. The Balaban J connectivity index is 2.57. The van der Waals surface area contributed by atoms with Gasteiger partial charge in [-0.05, 0) is 0 Å². The fourth-order valence-corrected chi connectivity index (χ4v) is 1.61. The molecule has 0 aliphatic carbocycles. The first-order valence-electron chi connectivity index (χ1n) is 5.39. The summed E-state index contributed by atoms with van der Waals surface area (Å²) < 4.78 is 5.28. The zero-order chi connectivity index (χ0) is 12.1. The molecule has 0 aromatic carbocycles. The minimum absolute atomic E-state index is 0.142. The summed E-state index contributed by atoms with van der Waals surface area (Å²) in [5.74, 6) is -0.352. The van der Waals surface area contributed by atoms with Crippen molar-refractivity contribution in [1.29, 1.82) is 0 Å². The minimum atomic E-state index is -0.605. The minimum Gasteiger partial charge on any atom is -0.391 e. The smallest absolute Gasteiger partial charge is 0.221 e. The van der Waals surface area contributed by atoms with Crippen molar-refractivity contribution < 1.29 is 19.4 Å². The molecule has 6 nitrogen and oxygen atoms in total. The first kappa shape index (κ1) is 12.9. The van der Waals surface area contributed by atoms with E-state index >= 15 is 0 Å². The highest BCUT2D eigenvalue weighted by Crippen LogP contribution is 2.13. The lowest BCUT2D eigenvalue weighted by Gasteiger charge is -2.34. The molecule has 2 amide bonds. The monoisotopic (exact) mass is 230 g/mol. The molecule has 3 atom stereocenters. The van der Waals surface area contributed by atoms with Gasteiger partial charge >= 0.3 is 0 Å². The Morgan fingerprint density at radius 2 is 2.12 bits per heavy atom. The van der Waals surface area contributed by atoms with Crippen molar-refractivity contribution in [3.05, 3.63) is 0 Å². The van der Waals surface area contributed by atoms with Gasteiger partial charge in [0.05, 0.1) is 18.8 Å². The fraction of sp³-hybridized carbons (Fsp3) is 0.800. The van der Waals surface area contributed by atoms with E-state index in [-0.39, 0.29) is 24.5 Å². The number of aliphatic hydroxyl groups is 1. The van der Waals surface area contributed by atoms with Gasteiger partial charge in [0.2, 0.25) is 11.8 Å². The van der Waals surface area contributed by atoms with E-state index in [0.717, 1.165) is 0 Å². The number of aliphatic hydroxyl groups excluding tert-OH is 1. The third kappa shape index (κ3) is 3.79. The first-order valence-corrected chi connectivity index (χ1v) is 5.39. The molecule has 92 valence electrons. The maximum atomic E-state index is 11.2. The second-order valence-electron chi connectivity index (χ2n) is 3.87. The van der Waals surface area contributed by atoms with Crippen LogP contribution < -0.4 is 10.6 Å². The van der Waals surface area contributed by atoms with E-state index in [1.54, 1.807) is 6.92 Å². The molecule has 0 radical (unpaired) electrons. The predicted molar refractivity (Wildman–Crippen MR) is 56.4 cm³/mol. The number of nitrogens with one attached hydrogen (secondary N) is 2. The summed E-state index contributed by atoms with van der Waals surface area (Å²) in [6, 6.07) is -0.378. The molecule has 0 bridgehead atoms. The van der Waals surface area contributed by atoms with E-state index in [1.165, 1.54) is 6.92 Å². The van der Waals surface area contributed by atoms with Crippen molar-refractivity contribution in [1.82, 2.24) is 10.6 Å². The highest BCUT2D eigenvalue weighted by Gasteiger charge is 2.31. The molecule has 0 spiro atoms. The van der Waals surface area contributed by atoms with Gasteiger partial charge in [0.1, 0.15) is 6.23 Å². The Bertz CT molecular complexity index is 270. The summed E-state index contributed by atoms with van der Waals surface area (Å²) in [4.78, 5) is 22.2. The Morgan fingerprint density at radius 3 is 2.69 bits per heavy atom. The van der Waals surface area contributed by atoms with Crippen molar-refractivity contribution in [2.75, 3.05) is 6.61 Å². The van der Waals surface area contributed by atoms with Gasteiger partial charge in [0.25, 0.3) is 0 Å². The van der Waals surface area contributed by atoms with Gasteiger partial charge in [-0.25, -0.2) is 0 Å². The molecule has 1 unspecified atom stereocenters. The van der Waals surface area contributed by atoms with Gasteiger partial charge in [-0.1, -0.05) is 6.92 Å². The summed E-state index contributed by atoms with van der Waals surface area (Å²) >= 11 is 0. The van der Waals surface area contributed by atoms with Crippen molar-refractivity contribution in [2.45, 2.75) is 45.1 Å². The van der Waals surface area contributed by atoms with Crippen molar-refractivity contribution in [3.63, 3.8) is 0 Å². The molecule has 1 fully saturated rings. The van der Waals surface area contributed by atoms with Crippen LogP contribution in [0.25, 0.3) is 0 Å². The van der Waals surface area contributed by atoms with Crippen LogP contribution in [0.5, 0.6) is 0 Å². The number of carbonyl (C=O) groups excluding carboxylic acids is 2. The number of hydrogen-bond donors (Lipinski definition) is 3. The Labute approximate surface area is 94.3 Å². The molecular formula is C10H18N2O4. The van der Waals surface area contributed by atoms with Gasteiger partial charge in [-0.2, -0.15) is 0 Å². The molecule has 0 aromatic rings. The maximum Gasteiger partial charge on any atom is 0.221 e. The molecule has 1 heterocycles. The van der Waals surface area contributed by atoms with Gasteiger partial charge < -0.3 is 20.5 Å². The zero-order valence-corrected chi connectivity index (χ0v) is 9.53. The average Bonchev–Trinajstić information content (AvgIpc) is 2.21. The van der Waals surface area contributed by atoms with E-state index in [4.69, 9.17) is 4.74 Å². The Morgan fingerprint density at radius 1 is 1.44 bits per heavy atom. The third-order valence-corrected chi connectivity index (χ3v) is 2.37. The van der Waals surface area contributed by atoms with E-state index in [2.05, 4.69) is 10.6 Å². The lowest BCUT2D eigenvalue weighted by Crippen LogP contribution is -2.57. The number of ether oxygens (including phenoxy) is 1. The van der Waals surface area contributed by atoms with Crippen LogP contribution in [-0.4, -0.2) is 41.9 Å². The highest BCUT2D eigenvalue weighted by atomic mass is 16.5. The molecule has 0 aromatic heterocycles. The molecule has 0 saturated carbocycles. The van der Waals surface area contributed by atoms with Crippen LogP contribution in [0.3, 0.4) is 0 Å². The van der Waals surface area contributed by atoms with Gasteiger partial charge in [0, 0.05) is 19.8 Å². The number of carbonyl (C=O) groups is 2. The molecule has 6 heteroatoms. The third-order valence-electron chi connectivity index (χ3n) is 2.37. The van der Waals surface area contributed by atoms with Crippen LogP contribution in [0.2, 0.25) is 0 Å². The van der Waals surface area contributed by atoms with Gasteiger partial charge in [-0.3, -0.25) is 9.59 Å². The summed E-state index contributed by atoms with van der Waals surface area (Å²) in [6.07, 6.45) is -0.421. The number of rotatable bonds is 3.